The summed E-state index contributed by atoms with van der Waals surface area (Å²) in [6.45, 7) is 5.40. The summed E-state index contributed by atoms with van der Waals surface area (Å²) in [6, 6.07) is 10.4. The van der Waals surface area contributed by atoms with Gasteiger partial charge in [-0.25, -0.2) is 0 Å². The number of carbonyl (C=O) groups is 1. The van der Waals surface area contributed by atoms with E-state index in [0.29, 0.717) is 12.5 Å². The molecule has 0 aromatic heterocycles. The lowest BCUT2D eigenvalue weighted by Crippen LogP contribution is -2.31. The normalized spacial score (nSPS) is 13.9. The monoisotopic (exact) mass is 248 g/mol. The van der Waals surface area contributed by atoms with E-state index in [2.05, 4.69) is 24.4 Å². The first-order chi connectivity index (χ1) is 8.65. The molecule has 1 aromatic rings. The summed E-state index contributed by atoms with van der Waals surface area (Å²) < 4.78 is 0. The molecular weight excluding hydrogens is 224 g/mol. The molecule has 0 aliphatic rings. The van der Waals surface area contributed by atoms with Gasteiger partial charge in [-0.1, -0.05) is 44.2 Å². The van der Waals surface area contributed by atoms with Gasteiger partial charge in [-0.15, -0.1) is 0 Å². The Morgan fingerprint density at radius 1 is 1.22 bits per heavy atom. The first-order valence-electron chi connectivity index (χ1n) is 6.68. The highest BCUT2D eigenvalue weighted by molar-refractivity contribution is 5.78. The van der Waals surface area contributed by atoms with E-state index in [9.17, 15) is 4.79 Å². The molecule has 3 heteroatoms. The quantitative estimate of drug-likeness (QED) is 0.778. The zero-order chi connectivity index (χ0) is 13.4. The highest BCUT2D eigenvalue weighted by Crippen LogP contribution is 2.17. The Balaban J connectivity index is 2.27. The van der Waals surface area contributed by atoms with E-state index in [-0.39, 0.29) is 11.8 Å². The number of amides is 1. The molecule has 0 fully saturated rings. The van der Waals surface area contributed by atoms with Gasteiger partial charge in [0.2, 0.25) is 5.91 Å². The zero-order valence-corrected chi connectivity index (χ0v) is 11.4. The maximum absolute atomic E-state index is 11.7. The molecule has 1 rings (SSSR count). The zero-order valence-electron chi connectivity index (χ0n) is 11.4. The van der Waals surface area contributed by atoms with Crippen molar-refractivity contribution in [1.82, 2.24) is 5.32 Å². The number of nitrogens with two attached hydrogens (primary N) is 1. The lowest BCUT2D eigenvalue weighted by molar-refractivity contribution is -0.124. The molecule has 18 heavy (non-hydrogen) atoms. The molecule has 0 heterocycles. The van der Waals surface area contributed by atoms with E-state index in [0.717, 1.165) is 19.4 Å². The first-order valence-corrected chi connectivity index (χ1v) is 6.68. The van der Waals surface area contributed by atoms with E-state index < -0.39 is 0 Å². The second-order valence-electron chi connectivity index (χ2n) is 4.87. The topological polar surface area (TPSA) is 55.1 Å². The summed E-state index contributed by atoms with van der Waals surface area (Å²) in [5.41, 5.74) is 6.76. The van der Waals surface area contributed by atoms with Crippen molar-refractivity contribution in [3.8, 4) is 0 Å². The van der Waals surface area contributed by atoms with Crippen LogP contribution >= 0.6 is 0 Å². The third kappa shape index (κ3) is 4.88. The van der Waals surface area contributed by atoms with Crippen LogP contribution in [0.1, 0.15) is 38.2 Å². The summed E-state index contributed by atoms with van der Waals surface area (Å²) in [4.78, 5) is 11.7. The second-order valence-corrected chi connectivity index (χ2v) is 4.87. The van der Waals surface area contributed by atoms with Crippen molar-refractivity contribution >= 4 is 5.91 Å². The van der Waals surface area contributed by atoms with Crippen LogP contribution in [0, 0.1) is 5.92 Å². The van der Waals surface area contributed by atoms with Crippen LogP contribution in [-0.4, -0.2) is 19.0 Å². The number of benzene rings is 1. The summed E-state index contributed by atoms with van der Waals surface area (Å²) in [5.74, 6) is 0.596. The van der Waals surface area contributed by atoms with Crippen molar-refractivity contribution in [3.05, 3.63) is 35.9 Å². The van der Waals surface area contributed by atoms with Crippen molar-refractivity contribution < 1.29 is 4.79 Å². The Labute approximate surface area is 110 Å². The van der Waals surface area contributed by atoms with E-state index in [1.807, 2.05) is 25.1 Å². The van der Waals surface area contributed by atoms with Gasteiger partial charge >= 0.3 is 0 Å². The average molecular weight is 248 g/mol. The first kappa shape index (κ1) is 14.7. The highest BCUT2D eigenvalue weighted by Gasteiger charge is 2.11. The summed E-state index contributed by atoms with van der Waals surface area (Å²) in [5, 5.41) is 2.97. The Kier molecular flexibility index (Phi) is 6.44. The fourth-order valence-electron chi connectivity index (χ4n) is 1.92. The minimum Gasteiger partial charge on any atom is -0.356 e. The molecule has 0 radical (unpaired) electrons. The summed E-state index contributed by atoms with van der Waals surface area (Å²) in [6.07, 6.45) is 1.71. The van der Waals surface area contributed by atoms with Crippen LogP contribution in [0.3, 0.4) is 0 Å². The van der Waals surface area contributed by atoms with E-state index in [1.54, 1.807) is 0 Å². The maximum atomic E-state index is 11.7. The molecule has 0 saturated carbocycles. The average Bonchev–Trinajstić information content (AvgIpc) is 2.39. The van der Waals surface area contributed by atoms with Crippen LogP contribution < -0.4 is 11.1 Å². The second kappa shape index (κ2) is 7.88. The number of rotatable bonds is 7. The molecule has 0 aliphatic carbocycles. The van der Waals surface area contributed by atoms with Gasteiger partial charge in [0.15, 0.2) is 0 Å². The van der Waals surface area contributed by atoms with E-state index in [1.165, 1.54) is 5.56 Å². The van der Waals surface area contributed by atoms with Crippen LogP contribution in [0.5, 0.6) is 0 Å². The predicted octanol–water partition coefficient (Wildman–Crippen LogP) is 2.28. The SMILES string of the molecule is CC(CCN)C(=O)NCCC(C)c1ccccc1. The molecule has 1 aromatic carbocycles. The maximum Gasteiger partial charge on any atom is 0.222 e. The summed E-state index contributed by atoms with van der Waals surface area (Å²) in [7, 11) is 0. The number of hydrogen-bond donors (Lipinski definition) is 2. The van der Waals surface area contributed by atoms with Crippen molar-refractivity contribution in [2.75, 3.05) is 13.1 Å². The third-order valence-electron chi connectivity index (χ3n) is 3.29. The largest absolute Gasteiger partial charge is 0.356 e. The summed E-state index contributed by atoms with van der Waals surface area (Å²) >= 11 is 0. The number of nitrogens with one attached hydrogen (secondary N) is 1. The van der Waals surface area contributed by atoms with Crippen molar-refractivity contribution in [1.29, 1.82) is 0 Å². The molecule has 0 spiro atoms. The minimum atomic E-state index is 0.0158. The predicted molar refractivity (Wildman–Crippen MR) is 75.3 cm³/mol. The Hall–Kier alpha value is -1.35. The lowest BCUT2D eigenvalue weighted by atomic mass is 9.98. The van der Waals surface area contributed by atoms with Gasteiger partial charge in [0.25, 0.3) is 0 Å². The van der Waals surface area contributed by atoms with Gasteiger partial charge in [-0.2, -0.15) is 0 Å². The van der Waals surface area contributed by atoms with Crippen molar-refractivity contribution in [2.24, 2.45) is 11.7 Å². The van der Waals surface area contributed by atoms with Crippen LogP contribution in [-0.2, 0) is 4.79 Å². The molecule has 3 N–H and O–H groups in total. The molecule has 2 atom stereocenters. The van der Waals surface area contributed by atoms with Gasteiger partial charge in [0, 0.05) is 12.5 Å². The van der Waals surface area contributed by atoms with Crippen LogP contribution in [0.2, 0.25) is 0 Å². The van der Waals surface area contributed by atoms with Gasteiger partial charge in [-0.05, 0) is 30.9 Å². The molecular formula is C15H24N2O. The molecule has 0 aliphatic heterocycles. The van der Waals surface area contributed by atoms with Crippen molar-refractivity contribution in [2.45, 2.75) is 32.6 Å². The van der Waals surface area contributed by atoms with Gasteiger partial charge in [-0.3, -0.25) is 4.79 Å². The van der Waals surface area contributed by atoms with Crippen molar-refractivity contribution in [3.63, 3.8) is 0 Å². The fraction of sp³-hybridized carbons (Fsp3) is 0.533. The highest BCUT2D eigenvalue weighted by atomic mass is 16.1. The van der Waals surface area contributed by atoms with Gasteiger partial charge < -0.3 is 11.1 Å². The number of carbonyl (C=O) groups excluding carboxylic acids is 1. The van der Waals surface area contributed by atoms with Crippen LogP contribution in [0.15, 0.2) is 30.3 Å². The number of hydrogen-bond acceptors (Lipinski definition) is 2. The van der Waals surface area contributed by atoms with Crippen LogP contribution in [0.25, 0.3) is 0 Å². The Morgan fingerprint density at radius 2 is 1.89 bits per heavy atom. The smallest absolute Gasteiger partial charge is 0.222 e. The lowest BCUT2D eigenvalue weighted by Gasteiger charge is -2.14. The minimum absolute atomic E-state index is 0.0158. The molecule has 0 bridgehead atoms. The molecule has 2 unspecified atom stereocenters. The Morgan fingerprint density at radius 3 is 2.50 bits per heavy atom. The fourth-order valence-corrected chi connectivity index (χ4v) is 1.92. The molecule has 0 saturated heterocycles. The molecule has 1 amide bonds. The Bertz CT molecular complexity index is 351. The molecule has 100 valence electrons. The van der Waals surface area contributed by atoms with E-state index in [4.69, 9.17) is 5.73 Å². The standard InChI is InChI=1S/C15H24N2O/c1-12(14-6-4-3-5-7-14)9-11-17-15(18)13(2)8-10-16/h3-7,12-13H,8-11,16H2,1-2H3,(H,17,18). The van der Waals surface area contributed by atoms with E-state index >= 15 is 0 Å². The third-order valence-corrected chi connectivity index (χ3v) is 3.29. The molecule has 3 nitrogen and oxygen atoms in total. The van der Waals surface area contributed by atoms with Gasteiger partial charge in [0.1, 0.15) is 0 Å². The van der Waals surface area contributed by atoms with Crippen LogP contribution in [0.4, 0.5) is 0 Å². The van der Waals surface area contributed by atoms with Gasteiger partial charge in [0.05, 0.1) is 0 Å².